The van der Waals surface area contributed by atoms with Crippen LogP contribution in [0.15, 0.2) is 12.7 Å². The summed E-state index contributed by atoms with van der Waals surface area (Å²) < 4.78 is 5.37. The number of rotatable bonds is 5. The average molecular weight is 143 g/mol. The predicted molar refractivity (Wildman–Crippen MR) is 43.8 cm³/mol. The maximum atomic E-state index is 5.37. The van der Waals surface area contributed by atoms with Crippen LogP contribution in [0.2, 0.25) is 0 Å². The summed E-state index contributed by atoms with van der Waals surface area (Å²) >= 11 is 0. The zero-order valence-electron chi connectivity index (χ0n) is 7.05. The lowest BCUT2D eigenvalue weighted by molar-refractivity contribution is 0.0211. The molecule has 0 spiro atoms. The SMILES string of the molecule is C=CCO[C@H](NC)C(C)C. The van der Waals surface area contributed by atoms with E-state index in [0.29, 0.717) is 12.5 Å². The molecule has 0 saturated carbocycles. The molecule has 0 amide bonds. The molecule has 0 heterocycles. The summed E-state index contributed by atoms with van der Waals surface area (Å²) in [5.41, 5.74) is 0. The van der Waals surface area contributed by atoms with E-state index in [2.05, 4.69) is 25.7 Å². The third kappa shape index (κ3) is 3.64. The second kappa shape index (κ2) is 5.45. The Morgan fingerprint density at radius 2 is 2.20 bits per heavy atom. The second-order valence-corrected chi connectivity index (χ2v) is 2.58. The molecule has 0 aliphatic carbocycles. The van der Waals surface area contributed by atoms with E-state index < -0.39 is 0 Å². The Morgan fingerprint density at radius 1 is 1.60 bits per heavy atom. The monoisotopic (exact) mass is 143 g/mol. The third-order valence-corrected chi connectivity index (χ3v) is 1.28. The molecule has 0 aliphatic rings. The van der Waals surface area contributed by atoms with E-state index in [1.807, 2.05) is 7.05 Å². The van der Waals surface area contributed by atoms with Gasteiger partial charge in [-0.1, -0.05) is 19.9 Å². The highest BCUT2D eigenvalue weighted by Gasteiger charge is 2.08. The van der Waals surface area contributed by atoms with Crippen molar-refractivity contribution in [2.75, 3.05) is 13.7 Å². The molecule has 0 aromatic rings. The Kier molecular flexibility index (Phi) is 5.26. The van der Waals surface area contributed by atoms with Gasteiger partial charge in [-0.2, -0.15) is 0 Å². The molecule has 0 rings (SSSR count). The zero-order chi connectivity index (χ0) is 7.98. The quantitative estimate of drug-likeness (QED) is 0.464. The van der Waals surface area contributed by atoms with E-state index in [0.717, 1.165) is 0 Å². The first-order chi connectivity index (χ1) is 4.72. The van der Waals surface area contributed by atoms with Gasteiger partial charge in [0.25, 0.3) is 0 Å². The lowest BCUT2D eigenvalue weighted by Crippen LogP contribution is -2.33. The molecule has 0 aromatic carbocycles. The van der Waals surface area contributed by atoms with Crippen LogP contribution >= 0.6 is 0 Å². The highest BCUT2D eigenvalue weighted by molar-refractivity contribution is 4.66. The van der Waals surface area contributed by atoms with E-state index in [1.165, 1.54) is 0 Å². The van der Waals surface area contributed by atoms with Crippen LogP contribution in [0.5, 0.6) is 0 Å². The van der Waals surface area contributed by atoms with Gasteiger partial charge in [-0.3, -0.25) is 5.32 Å². The van der Waals surface area contributed by atoms with Crippen LogP contribution in [-0.2, 0) is 4.74 Å². The Labute approximate surface area is 63.3 Å². The summed E-state index contributed by atoms with van der Waals surface area (Å²) in [7, 11) is 1.90. The van der Waals surface area contributed by atoms with Crippen LogP contribution in [0.4, 0.5) is 0 Å². The normalized spacial score (nSPS) is 13.6. The predicted octanol–water partition coefficient (Wildman–Crippen LogP) is 1.39. The minimum Gasteiger partial charge on any atom is -0.359 e. The van der Waals surface area contributed by atoms with E-state index in [4.69, 9.17) is 4.74 Å². The van der Waals surface area contributed by atoms with Crippen LogP contribution < -0.4 is 5.32 Å². The first-order valence-electron chi connectivity index (χ1n) is 3.62. The van der Waals surface area contributed by atoms with Gasteiger partial charge in [0.2, 0.25) is 0 Å². The molecule has 0 radical (unpaired) electrons. The van der Waals surface area contributed by atoms with Crippen molar-refractivity contribution in [1.82, 2.24) is 5.32 Å². The van der Waals surface area contributed by atoms with Crippen molar-refractivity contribution in [1.29, 1.82) is 0 Å². The lowest BCUT2D eigenvalue weighted by Gasteiger charge is -2.19. The zero-order valence-corrected chi connectivity index (χ0v) is 7.05. The largest absolute Gasteiger partial charge is 0.359 e. The maximum Gasteiger partial charge on any atom is 0.110 e. The number of nitrogens with one attached hydrogen (secondary N) is 1. The van der Waals surface area contributed by atoms with Crippen molar-refractivity contribution in [3.8, 4) is 0 Å². The van der Waals surface area contributed by atoms with Gasteiger partial charge in [0.05, 0.1) is 6.61 Å². The molecule has 0 bridgehead atoms. The topological polar surface area (TPSA) is 21.3 Å². The van der Waals surface area contributed by atoms with Gasteiger partial charge >= 0.3 is 0 Å². The highest BCUT2D eigenvalue weighted by Crippen LogP contribution is 2.01. The van der Waals surface area contributed by atoms with Crippen molar-refractivity contribution in [2.45, 2.75) is 20.1 Å². The van der Waals surface area contributed by atoms with Crippen molar-refractivity contribution < 1.29 is 4.74 Å². The average Bonchev–Trinajstić information content (AvgIpc) is 1.89. The van der Waals surface area contributed by atoms with Gasteiger partial charge in [-0.25, -0.2) is 0 Å². The third-order valence-electron chi connectivity index (χ3n) is 1.28. The van der Waals surface area contributed by atoms with E-state index >= 15 is 0 Å². The molecule has 10 heavy (non-hydrogen) atoms. The van der Waals surface area contributed by atoms with E-state index in [1.54, 1.807) is 6.08 Å². The van der Waals surface area contributed by atoms with Crippen molar-refractivity contribution >= 4 is 0 Å². The lowest BCUT2D eigenvalue weighted by atomic mass is 10.2. The van der Waals surface area contributed by atoms with Gasteiger partial charge in [-0.15, -0.1) is 6.58 Å². The summed E-state index contributed by atoms with van der Waals surface area (Å²) in [6, 6.07) is 0. The summed E-state index contributed by atoms with van der Waals surface area (Å²) in [4.78, 5) is 0. The van der Waals surface area contributed by atoms with Gasteiger partial charge in [0, 0.05) is 0 Å². The molecule has 0 saturated heterocycles. The Hall–Kier alpha value is -0.340. The van der Waals surface area contributed by atoms with Gasteiger partial charge in [0.15, 0.2) is 0 Å². The molecular weight excluding hydrogens is 126 g/mol. The minimum absolute atomic E-state index is 0.151. The minimum atomic E-state index is 0.151. The van der Waals surface area contributed by atoms with Crippen LogP contribution in [0.3, 0.4) is 0 Å². The molecule has 1 N–H and O–H groups in total. The molecule has 60 valence electrons. The number of hydrogen-bond donors (Lipinski definition) is 1. The van der Waals surface area contributed by atoms with Crippen molar-refractivity contribution in [3.63, 3.8) is 0 Å². The number of hydrogen-bond acceptors (Lipinski definition) is 2. The molecule has 1 atom stereocenters. The fourth-order valence-corrected chi connectivity index (χ4v) is 0.781. The fraction of sp³-hybridized carbons (Fsp3) is 0.750. The van der Waals surface area contributed by atoms with Crippen LogP contribution in [-0.4, -0.2) is 19.9 Å². The Bertz CT molecular complexity index is 91.3. The molecule has 2 heteroatoms. The second-order valence-electron chi connectivity index (χ2n) is 2.58. The Balaban J connectivity index is 3.49. The van der Waals surface area contributed by atoms with Crippen molar-refractivity contribution in [2.24, 2.45) is 5.92 Å². The molecule has 0 fully saturated rings. The summed E-state index contributed by atoms with van der Waals surface area (Å²) in [6.45, 7) is 8.42. The van der Waals surface area contributed by atoms with Gasteiger partial charge in [0.1, 0.15) is 6.23 Å². The standard InChI is InChI=1S/C8H17NO/c1-5-6-10-8(9-4)7(2)3/h5,7-9H,1,6H2,2-4H3/t8-/m0/s1. The molecular formula is C8H17NO. The summed E-state index contributed by atoms with van der Waals surface area (Å²) in [5, 5.41) is 3.07. The van der Waals surface area contributed by atoms with Crippen LogP contribution in [0, 0.1) is 5.92 Å². The molecule has 0 aliphatic heterocycles. The van der Waals surface area contributed by atoms with Gasteiger partial charge < -0.3 is 4.74 Å². The summed E-state index contributed by atoms with van der Waals surface area (Å²) in [6.07, 6.45) is 1.91. The first-order valence-corrected chi connectivity index (χ1v) is 3.62. The molecule has 2 nitrogen and oxygen atoms in total. The molecule has 0 unspecified atom stereocenters. The van der Waals surface area contributed by atoms with Gasteiger partial charge in [-0.05, 0) is 13.0 Å². The number of ether oxygens (including phenoxy) is 1. The van der Waals surface area contributed by atoms with Crippen LogP contribution in [0.25, 0.3) is 0 Å². The van der Waals surface area contributed by atoms with E-state index in [-0.39, 0.29) is 6.23 Å². The smallest absolute Gasteiger partial charge is 0.110 e. The van der Waals surface area contributed by atoms with Crippen LogP contribution in [0.1, 0.15) is 13.8 Å². The summed E-state index contributed by atoms with van der Waals surface area (Å²) in [5.74, 6) is 0.505. The maximum absolute atomic E-state index is 5.37. The van der Waals surface area contributed by atoms with E-state index in [9.17, 15) is 0 Å². The van der Waals surface area contributed by atoms with Crippen molar-refractivity contribution in [3.05, 3.63) is 12.7 Å². The first kappa shape index (κ1) is 9.66. The molecule has 0 aromatic heterocycles. The highest BCUT2D eigenvalue weighted by atomic mass is 16.5. The Morgan fingerprint density at radius 3 is 2.50 bits per heavy atom. The fourth-order valence-electron chi connectivity index (χ4n) is 0.781.